The molecule has 0 saturated heterocycles. The van der Waals surface area contributed by atoms with Crippen molar-refractivity contribution < 1.29 is 5.11 Å². The van der Waals surface area contributed by atoms with E-state index in [-0.39, 0.29) is 6.61 Å². The van der Waals surface area contributed by atoms with Crippen molar-refractivity contribution in [3.63, 3.8) is 0 Å². The zero-order valence-electron chi connectivity index (χ0n) is 8.52. The molecule has 1 heterocycles. The molecule has 2 rings (SSSR count). The third-order valence-electron chi connectivity index (χ3n) is 2.41. The van der Waals surface area contributed by atoms with Crippen molar-refractivity contribution in [3.05, 3.63) is 47.1 Å². The summed E-state index contributed by atoms with van der Waals surface area (Å²) in [5, 5.41) is 9.92. The van der Waals surface area contributed by atoms with Crippen LogP contribution in [0.4, 0.5) is 5.82 Å². The first kappa shape index (κ1) is 10.9. The molecular formula is C12H11ClN2O. The summed E-state index contributed by atoms with van der Waals surface area (Å²) in [6.07, 6.45) is 1.60. The topological polar surface area (TPSA) is 59.1 Å². The van der Waals surface area contributed by atoms with Crippen LogP contribution in [-0.2, 0) is 6.61 Å². The molecule has 0 atom stereocenters. The lowest BCUT2D eigenvalue weighted by molar-refractivity contribution is 0.282. The van der Waals surface area contributed by atoms with Crippen LogP contribution in [0.25, 0.3) is 11.1 Å². The van der Waals surface area contributed by atoms with E-state index in [4.69, 9.17) is 17.3 Å². The van der Waals surface area contributed by atoms with E-state index in [1.54, 1.807) is 18.3 Å². The lowest BCUT2D eigenvalue weighted by atomic mass is 10.0. The molecule has 0 spiro atoms. The van der Waals surface area contributed by atoms with Gasteiger partial charge in [0.05, 0.1) is 6.61 Å². The predicted octanol–water partition coefficient (Wildman–Crippen LogP) is 2.48. The number of pyridine rings is 1. The number of halogens is 1. The molecule has 0 aliphatic heterocycles. The molecular weight excluding hydrogens is 224 g/mol. The largest absolute Gasteiger partial charge is 0.392 e. The van der Waals surface area contributed by atoms with Crippen LogP contribution in [0.15, 0.2) is 36.5 Å². The molecule has 4 heteroatoms. The number of nitrogens with two attached hydrogens (primary N) is 1. The Hall–Kier alpha value is -1.58. The lowest BCUT2D eigenvalue weighted by Gasteiger charge is -2.10. The zero-order chi connectivity index (χ0) is 11.5. The van der Waals surface area contributed by atoms with E-state index in [1.807, 2.05) is 18.2 Å². The van der Waals surface area contributed by atoms with Gasteiger partial charge in [-0.1, -0.05) is 29.8 Å². The number of aliphatic hydroxyl groups is 1. The number of benzene rings is 1. The molecule has 16 heavy (non-hydrogen) atoms. The van der Waals surface area contributed by atoms with E-state index in [0.29, 0.717) is 16.4 Å². The Bertz CT molecular complexity index is 514. The molecule has 0 fully saturated rings. The van der Waals surface area contributed by atoms with Crippen molar-refractivity contribution in [3.8, 4) is 11.1 Å². The van der Waals surface area contributed by atoms with Gasteiger partial charge in [0.15, 0.2) is 0 Å². The smallest absolute Gasteiger partial charge is 0.129 e. The average molecular weight is 235 g/mol. The normalized spacial score (nSPS) is 10.4. The van der Waals surface area contributed by atoms with Gasteiger partial charge in [0.1, 0.15) is 5.82 Å². The molecule has 0 bridgehead atoms. The highest BCUT2D eigenvalue weighted by atomic mass is 35.5. The number of anilines is 1. The molecule has 2 aromatic rings. The van der Waals surface area contributed by atoms with Crippen molar-refractivity contribution in [1.82, 2.24) is 4.98 Å². The highest BCUT2D eigenvalue weighted by Crippen LogP contribution is 2.31. The van der Waals surface area contributed by atoms with Crippen molar-refractivity contribution >= 4 is 17.4 Å². The van der Waals surface area contributed by atoms with Gasteiger partial charge in [-0.3, -0.25) is 0 Å². The Morgan fingerprint density at radius 1 is 1.19 bits per heavy atom. The fourth-order valence-electron chi connectivity index (χ4n) is 1.61. The molecule has 1 aromatic carbocycles. The highest BCUT2D eigenvalue weighted by molar-refractivity contribution is 6.33. The van der Waals surface area contributed by atoms with Gasteiger partial charge in [-0.05, 0) is 17.7 Å². The number of aliphatic hydroxyl groups excluding tert-OH is 1. The SMILES string of the molecule is Nc1nccc(-c2ccccc2Cl)c1CO. The third-order valence-corrected chi connectivity index (χ3v) is 2.74. The summed E-state index contributed by atoms with van der Waals surface area (Å²) in [6.45, 7) is -0.153. The molecule has 1 aromatic heterocycles. The number of rotatable bonds is 2. The maximum atomic E-state index is 9.29. The molecule has 82 valence electrons. The summed E-state index contributed by atoms with van der Waals surface area (Å²) in [6, 6.07) is 9.22. The molecule has 0 amide bonds. The highest BCUT2D eigenvalue weighted by Gasteiger charge is 2.10. The summed E-state index contributed by atoms with van der Waals surface area (Å²) in [5.74, 6) is 0.333. The first-order valence-corrected chi connectivity index (χ1v) is 5.21. The minimum absolute atomic E-state index is 0.153. The second-order valence-corrected chi connectivity index (χ2v) is 3.77. The van der Waals surface area contributed by atoms with Gasteiger partial charge >= 0.3 is 0 Å². The molecule has 3 nitrogen and oxygen atoms in total. The fraction of sp³-hybridized carbons (Fsp3) is 0.0833. The van der Waals surface area contributed by atoms with E-state index in [9.17, 15) is 5.11 Å². The minimum atomic E-state index is -0.153. The van der Waals surface area contributed by atoms with E-state index in [1.165, 1.54) is 0 Å². The van der Waals surface area contributed by atoms with E-state index < -0.39 is 0 Å². The van der Waals surface area contributed by atoms with Crippen molar-refractivity contribution in [1.29, 1.82) is 0 Å². The summed E-state index contributed by atoms with van der Waals surface area (Å²) in [4.78, 5) is 3.94. The molecule has 0 aliphatic carbocycles. The molecule has 0 radical (unpaired) electrons. The van der Waals surface area contributed by atoms with Crippen LogP contribution in [0.5, 0.6) is 0 Å². The quantitative estimate of drug-likeness (QED) is 0.839. The maximum absolute atomic E-state index is 9.29. The molecule has 0 saturated carbocycles. The number of aromatic nitrogens is 1. The number of hydrogen-bond acceptors (Lipinski definition) is 3. The Balaban J connectivity index is 2.65. The van der Waals surface area contributed by atoms with Crippen molar-refractivity contribution in [2.75, 3.05) is 5.73 Å². The molecule has 0 aliphatic rings. The maximum Gasteiger partial charge on any atom is 0.129 e. The monoisotopic (exact) mass is 234 g/mol. The van der Waals surface area contributed by atoms with Crippen LogP contribution >= 0.6 is 11.6 Å². The lowest BCUT2D eigenvalue weighted by Crippen LogP contribution is -2.00. The summed E-state index contributed by atoms with van der Waals surface area (Å²) in [5.41, 5.74) is 7.98. The van der Waals surface area contributed by atoms with Crippen LogP contribution in [-0.4, -0.2) is 10.1 Å². The fourth-order valence-corrected chi connectivity index (χ4v) is 1.84. The van der Waals surface area contributed by atoms with E-state index in [0.717, 1.165) is 11.1 Å². The predicted molar refractivity (Wildman–Crippen MR) is 65.0 cm³/mol. The van der Waals surface area contributed by atoms with Crippen LogP contribution in [0, 0.1) is 0 Å². The van der Waals surface area contributed by atoms with Crippen LogP contribution in [0.3, 0.4) is 0 Å². The minimum Gasteiger partial charge on any atom is -0.392 e. The molecule has 3 N–H and O–H groups in total. The Kier molecular flexibility index (Phi) is 3.08. The van der Waals surface area contributed by atoms with Crippen molar-refractivity contribution in [2.45, 2.75) is 6.61 Å². The summed E-state index contributed by atoms with van der Waals surface area (Å²) < 4.78 is 0. The average Bonchev–Trinajstić information content (AvgIpc) is 2.29. The Morgan fingerprint density at radius 2 is 1.94 bits per heavy atom. The van der Waals surface area contributed by atoms with Crippen LogP contribution < -0.4 is 5.73 Å². The van der Waals surface area contributed by atoms with Gasteiger partial charge in [-0.2, -0.15) is 0 Å². The summed E-state index contributed by atoms with van der Waals surface area (Å²) >= 11 is 6.10. The second-order valence-electron chi connectivity index (χ2n) is 3.36. The van der Waals surface area contributed by atoms with Gasteiger partial charge in [0.2, 0.25) is 0 Å². The zero-order valence-corrected chi connectivity index (χ0v) is 9.28. The summed E-state index contributed by atoms with van der Waals surface area (Å²) in [7, 11) is 0. The third kappa shape index (κ3) is 1.87. The number of nitrogen functional groups attached to an aromatic ring is 1. The number of hydrogen-bond donors (Lipinski definition) is 2. The van der Waals surface area contributed by atoms with E-state index in [2.05, 4.69) is 4.98 Å². The van der Waals surface area contributed by atoms with Crippen LogP contribution in [0.1, 0.15) is 5.56 Å². The second kappa shape index (κ2) is 4.51. The first-order chi connectivity index (χ1) is 7.74. The molecule has 0 unspecified atom stereocenters. The first-order valence-electron chi connectivity index (χ1n) is 4.83. The van der Waals surface area contributed by atoms with Gasteiger partial charge in [-0.15, -0.1) is 0 Å². The van der Waals surface area contributed by atoms with Gasteiger partial charge in [0, 0.05) is 22.3 Å². The van der Waals surface area contributed by atoms with Gasteiger partial charge in [-0.25, -0.2) is 4.98 Å². The van der Waals surface area contributed by atoms with Crippen LogP contribution in [0.2, 0.25) is 5.02 Å². The van der Waals surface area contributed by atoms with Gasteiger partial charge in [0.25, 0.3) is 0 Å². The Labute approximate surface area is 98.5 Å². The Morgan fingerprint density at radius 3 is 2.62 bits per heavy atom. The van der Waals surface area contributed by atoms with E-state index >= 15 is 0 Å². The number of nitrogens with zero attached hydrogens (tertiary/aromatic N) is 1. The van der Waals surface area contributed by atoms with Gasteiger partial charge < -0.3 is 10.8 Å². The standard InChI is InChI=1S/C12H11ClN2O/c13-11-4-2-1-3-9(11)8-5-6-15-12(14)10(8)7-16/h1-6,16H,7H2,(H2,14,15). The van der Waals surface area contributed by atoms with Crippen molar-refractivity contribution in [2.24, 2.45) is 0 Å².